The van der Waals surface area contributed by atoms with E-state index in [-0.39, 0.29) is 28.3 Å². The van der Waals surface area contributed by atoms with Gasteiger partial charge in [0.25, 0.3) is 0 Å². The Kier molecular flexibility index (Phi) is 2.53. The van der Waals surface area contributed by atoms with Crippen LogP contribution in [-0.2, 0) is 9.47 Å². The molecule has 0 aromatic rings. The van der Waals surface area contributed by atoms with Crippen LogP contribution >= 0.6 is 0 Å². The largest absolute Gasteiger partial charge is 0.389 e. The van der Waals surface area contributed by atoms with Gasteiger partial charge in [0.2, 0.25) is 0 Å². The molecule has 8 atom stereocenters. The molecule has 2 bridgehead atoms. The third-order valence-corrected chi connectivity index (χ3v) is 9.17. The molecule has 0 amide bonds. The maximum absolute atomic E-state index is 11.5. The van der Waals surface area contributed by atoms with Gasteiger partial charge in [-0.25, -0.2) is 0 Å². The Balaban J connectivity index is 1.61. The molecule has 23 heavy (non-hydrogen) atoms. The van der Waals surface area contributed by atoms with E-state index >= 15 is 0 Å². The summed E-state index contributed by atoms with van der Waals surface area (Å²) in [7, 11) is 0. The minimum atomic E-state index is -0.531. The van der Waals surface area contributed by atoms with E-state index in [1.165, 1.54) is 0 Å². The summed E-state index contributed by atoms with van der Waals surface area (Å²) < 4.78 is 13.3. The highest BCUT2D eigenvalue weighted by atomic mass is 16.7. The van der Waals surface area contributed by atoms with Crippen molar-refractivity contribution in [2.45, 2.75) is 102 Å². The lowest BCUT2D eigenvalue weighted by atomic mass is 9.51. The van der Waals surface area contributed by atoms with Crippen molar-refractivity contribution in [1.29, 1.82) is 0 Å². The average Bonchev–Trinajstić information content (AvgIpc) is 2.71. The molecule has 3 heteroatoms. The number of aliphatic hydroxyl groups is 1. The van der Waals surface area contributed by atoms with Crippen molar-refractivity contribution >= 4 is 0 Å². The molecule has 0 aromatic heterocycles. The average molecular weight is 320 g/mol. The van der Waals surface area contributed by atoms with Crippen molar-refractivity contribution in [3.05, 3.63) is 0 Å². The molecule has 1 spiro atoms. The third-order valence-electron chi connectivity index (χ3n) is 9.17. The molecule has 3 saturated heterocycles. The molecule has 3 heterocycles. The molecule has 5 rings (SSSR count). The first-order valence-corrected chi connectivity index (χ1v) is 9.70. The van der Waals surface area contributed by atoms with Crippen molar-refractivity contribution in [3.8, 4) is 0 Å². The molecule has 2 aliphatic carbocycles. The van der Waals surface area contributed by atoms with Crippen LogP contribution in [0, 0.1) is 23.2 Å². The predicted molar refractivity (Wildman–Crippen MR) is 88.1 cm³/mol. The Bertz CT molecular complexity index is 575. The van der Waals surface area contributed by atoms with E-state index in [4.69, 9.17) is 9.47 Å². The molecule has 0 radical (unpaired) electrons. The normalized spacial score (nSPS) is 66.1. The smallest absolute Gasteiger partial charge is 0.121 e. The van der Waals surface area contributed by atoms with Crippen molar-refractivity contribution in [3.63, 3.8) is 0 Å². The van der Waals surface area contributed by atoms with E-state index in [2.05, 4.69) is 34.6 Å². The Morgan fingerprint density at radius 3 is 2.43 bits per heavy atom. The molecular formula is C20H32O3. The first-order valence-electron chi connectivity index (χ1n) is 9.70. The summed E-state index contributed by atoms with van der Waals surface area (Å²) in [5.41, 5.74) is -0.568. The van der Waals surface area contributed by atoms with Crippen LogP contribution in [0.2, 0.25) is 0 Å². The predicted octanol–water partition coefficient (Wildman–Crippen LogP) is 3.68. The molecule has 5 aliphatic rings. The van der Waals surface area contributed by atoms with Crippen LogP contribution in [0.25, 0.3) is 0 Å². The fourth-order valence-corrected chi connectivity index (χ4v) is 7.64. The van der Waals surface area contributed by atoms with Gasteiger partial charge in [-0.15, -0.1) is 0 Å². The van der Waals surface area contributed by atoms with Crippen LogP contribution in [0.5, 0.6) is 0 Å². The quantitative estimate of drug-likeness (QED) is 0.801. The second-order valence-electron chi connectivity index (χ2n) is 10.4. The number of fused-ring (bicyclic) bond motifs is 3. The van der Waals surface area contributed by atoms with E-state index in [0.717, 1.165) is 38.5 Å². The van der Waals surface area contributed by atoms with Gasteiger partial charge in [-0.05, 0) is 69.6 Å². The van der Waals surface area contributed by atoms with Crippen LogP contribution in [0.3, 0.4) is 0 Å². The number of rotatable bonds is 1. The molecule has 0 unspecified atom stereocenters. The third kappa shape index (κ3) is 1.39. The zero-order valence-electron chi connectivity index (χ0n) is 15.3. The summed E-state index contributed by atoms with van der Waals surface area (Å²) in [6.45, 7) is 11.4. The number of hydrogen-bond donors (Lipinski definition) is 1. The summed E-state index contributed by atoms with van der Waals surface area (Å²) in [5, 5.41) is 11.5. The van der Waals surface area contributed by atoms with E-state index in [1.54, 1.807) is 0 Å². The lowest BCUT2D eigenvalue weighted by molar-refractivity contribution is -0.360. The van der Waals surface area contributed by atoms with Crippen LogP contribution in [0.4, 0.5) is 0 Å². The molecule has 2 saturated carbocycles. The second-order valence-corrected chi connectivity index (χ2v) is 10.4. The monoisotopic (exact) mass is 320 g/mol. The second kappa shape index (κ2) is 3.83. The summed E-state index contributed by atoms with van der Waals surface area (Å²) in [5.74, 6) is 1.15. The Hall–Kier alpha value is -0.120. The summed E-state index contributed by atoms with van der Waals surface area (Å²) in [6, 6.07) is 0. The van der Waals surface area contributed by atoms with Gasteiger partial charge in [0.15, 0.2) is 0 Å². The molecular weight excluding hydrogens is 288 g/mol. The first-order chi connectivity index (χ1) is 10.6. The standard InChI is InChI=1S/C20H32O3/c1-12(2)19(21)9-8-16(3)10-14-17(4)7-6-15-18(5,23-17)20(14,22-15)11-13(16)19/h12-15,21H,6-11H2,1-5H3/t13-,14-,15+,16-,17+,18-,19-,20-/m1/s1. The van der Waals surface area contributed by atoms with Gasteiger partial charge in [-0.1, -0.05) is 20.8 Å². The van der Waals surface area contributed by atoms with Crippen molar-refractivity contribution in [2.24, 2.45) is 23.2 Å². The topological polar surface area (TPSA) is 38.7 Å². The number of hydrogen-bond acceptors (Lipinski definition) is 3. The highest BCUT2D eigenvalue weighted by Crippen LogP contribution is 2.75. The highest BCUT2D eigenvalue weighted by Gasteiger charge is 2.83. The van der Waals surface area contributed by atoms with Gasteiger partial charge in [0.05, 0.1) is 17.3 Å². The van der Waals surface area contributed by atoms with Crippen LogP contribution < -0.4 is 0 Å². The Morgan fingerprint density at radius 1 is 1.00 bits per heavy atom. The van der Waals surface area contributed by atoms with Gasteiger partial charge >= 0.3 is 0 Å². The van der Waals surface area contributed by atoms with E-state index in [9.17, 15) is 5.11 Å². The fourth-order valence-electron chi connectivity index (χ4n) is 7.64. The lowest BCUT2D eigenvalue weighted by Crippen LogP contribution is -2.75. The van der Waals surface area contributed by atoms with Crippen LogP contribution in [-0.4, -0.2) is 33.6 Å². The summed E-state index contributed by atoms with van der Waals surface area (Å²) in [4.78, 5) is 0. The van der Waals surface area contributed by atoms with Gasteiger partial charge in [-0.3, -0.25) is 0 Å². The molecule has 0 aromatic carbocycles. The Morgan fingerprint density at radius 2 is 1.74 bits per heavy atom. The molecule has 3 nitrogen and oxygen atoms in total. The molecule has 3 aliphatic heterocycles. The van der Waals surface area contributed by atoms with Gasteiger partial charge < -0.3 is 14.6 Å². The van der Waals surface area contributed by atoms with Gasteiger partial charge in [0.1, 0.15) is 11.2 Å². The minimum Gasteiger partial charge on any atom is -0.389 e. The lowest BCUT2D eigenvalue weighted by Gasteiger charge is -2.64. The first kappa shape index (κ1) is 15.2. The fraction of sp³-hybridized carbons (Fsp3) is 1.00. The highest BCUT2D eigenvalue weighted by molar-refractivity contribution is 5.31. The molecule has 130 valence electrons. The summed E-state index contributed by atoms with van der Waals surface area (Å²) in [6.07, 6.45) is 6.80. The number of ether oxygens (including phenoxy) is 2. The minimum absolute atomic E-state index is 0.0196. The van der Waals surface area contributed by atoms with Gasteiger partial charge in [0, 0.05) is 5.92 Å². The maximum Gasteiger partial charge on any atom is 0.121 e. The van der Waals surface area contributed by atoms with Crippen molar-refractivity contribution in [2.75, 3.05) is 0 Å². The van der Waals surface area contributed by atoms with E-state index < -0.39 is 5.60 Å². The van der Waals surface area contributed by atoms with Crippen LogP contribution in [0.1, 0.15) is 73.1 Å². The maximum atomic E-state index is 11.5. The van der Waals surface area contributed by atoms with Crippen LogP contribution in [0.15, 0.2) is 0 Å². The molecule has 1 N–H and O–H groups in total. The van der Waals surface area contributed by atoms with Gasteiger partial charge in [-0.2, -0.15) is 0 Å². The zero-order valence-corrected chi connectivity index (χ0v) is 15.3. The SMILES string of the molecule is CC(C)[C@]1(O)CC[C@]2(C)C[C@@H]3[C@]4(C)CC[C@@H]5O[C@@]3(C[C@H]21)[C@]5(C)O4. The van der Waals surface area contributed by atoms with Crippen molar-refractivity contribution < 1.29 is 14.6 Å². The Labute approximate surface area is 140 Å². The molecule has 5 fully saturated rings. The zero-order chi connectivity index (χ0) is 16.5. The van der Waals surface area contributed by atoms with Crippen molar-refractivity contribution in [1.82, 2.24) is 0 Å². The van der Waals surface area contributed by atoms with E-state index in [1.807, 2.05) is 0 Å². The van der Waals surface area contributed by atoms with E-state index in [0.29, 0.717) is 17.8 Å². The summed E-state index contributed by atoms with van der Waals surface area (Å²) >= 11 is 0.